The summed E-state index contributed by atoms with van der Waals surface area (Å²) in [7, 11) is -3.30. The van der Waals surface area contributed by atoms with E-state index in [9.17, 15) is 13.2 Å². The standard InChI is InChI=1S/C14H20BrNO3S/c1-11(2)16(9-5-8-15)14(17)12-6-4-7-13(10-12)20(3,18)19/h4,6-7,10-11H,5,8-9H2,1-3H3. The van der Waals surface area contributed by atoms with Gasteiger partial charge in [0.25, 0.3) is 5.91 Å². The van der Waals surface area contributed by atoms with Crippen molar-refractivity contribution in [3.63, 3.8) is 0 Å². The van der Waals surface area contributed by atoms with Crippen LogP contribution in [0.15, 0.2) is 29.2 Å². The molecule has 20 heavy (non-hydrogen) atoms. The van der Waals surface area contributed by atoms with Crippen LogP contribution in [0.4, 0.5) is 0 Å². The van der Waals surface area contributed by atoms with Crippen molar-refractivity contribution in [2.75, 3.05) is 18.1 Å². The number of sulfone groups is 1. The van der Waals surface area contributed by atoms with Gasteiger partial charge < -0.3 is 4.90 Å². The van der Waals surface area contributed by atoms with Crippen molar-refractivity contribution in [1.29, 1.82) is 0 Å². The molecule has 0 aliphatic heterocycles. The molecule has 1 amide bonds. The molecule has 0 radical (unpaired) electrons. The van der Waals surface area contributed by atoms with Crippen LogP contribution in [0.5, 0.6) is 0 Å². The van der Waals surface area contributed by atoms with Crippen molar-refractivity contribution in [2.24, 2.45) is 0 Å². The highest BCUT2D eigenvalue weighted by molar-refractivity contribution is 9.09. The molecular formula is C14H20BrNO3S. The minimum Gasteiger partial charge on any atom is -0.336 e. The van der Waals surface area contributed by atoms with E-state index in [1.807, 2.05) is 13.8 Å². The maximum atomic E-state index is 12.5. The lowest BCUT2D eigenvalue weighted by atomic mass is 10.1. The molecule has 0 atom stereocenters. The fourth-order valence-electron chi connectivity index (χ4n) is 1.85. The zero-order valence-electron chi connectivity index (χ0n) is 12.0. The van der Waals surface area contributed by atoms with Crippen molar-refractivity contribution in [3.8, 4) is 0 Å². The molecule has 0 unspecified atom stereocenters. The van der Waals surface area contributed by atoms with Gasteiger partial charge in [-0.05, 0) is 38.5 Å². The maximum Gasteiger partial charge on any atom is 0.254 e. The van der Waals surface area contributed by atoms with Gasteiger partial charge in [-0.25, -0.2) is 8.42 Å². The summed E-state index contributed by atoms with van der Waals surface area (Å²) in [6.45, 7) is 4.55. The Labute approximate surface area is 129 Å². The number of carbonyl (C=O) groups excluding carboxylic acids is 1. The number of benzene rings is 1. The number of carbonyl (C=O) groups is 1. The molecule has 0 aliphatic rings. The molecule has 0 N–H and O–H groups in total. The summed E-state index contributed by atoms with van der Waals surface area (Å²) in [6, 6.07) is 6.28. The van der Waals surface area contributed by atoms with Crippen LogP contribution >= 0.6 is 15.9 Å². The van der Waals surface area contributed by atoms with Crippen molar-refractivity contribution in [1.82, 2.24) is 4.90 Å². The third-order valence-corrected chi connectivity index (χ3v) is 4.60. The third kappa shape index (κ3) is 4.59. The van der Waals surface area contributed by atoms with Crippen LogP contribution in [-0.2, 0) is 9.84 Å². The fraction of sp³-hybridized carbons (Fsp3) is 0.500. The van der Waals surface area contributed by atoms with Gasteiger partial charge in [-0.15, -0.1) is 0 Å². The molecule has 0 heterocycles. The van der Waals surface area contributed by atoms with Gasteiger partial charge >= 0.3 is 0 Å². The zero-order chi connectivity index (χ0) is 15.3. The van der Waals surface area contributed by atoms with Crippen molar-refractivity contribution >= 4 is 31.7 Å². The van der Waals surface area contributed by atoms with Crippen molar-refractivity contribution < 1.29 is 13.2 Å². The van der Waals surface area contributed by atoms with Crippen LogP contribution < -0.4 is 0 Å². The Kier molecular flexibility index (Phi) is 6.20. The predicted molar refractivity (Wildman–Crippen MR) is 84.1 cm³/mol. The fourth-order valence-corrected chi connectivity index (χ4v) is 2.77. The smallest absolute Gasteiger partial charge is 0.254 e. The molecule has 0 fully saturated rings. The Morgan fingerprint density at radius 3 is 2.50 bits per heavy atom. The normalized spacial score (nSPS) is 11.7. The SMILES string of the molecule is CC(C)N(CCCBr)C(=O)c1cccc(S(C)(=O)=O)c1. The molecule has 0 aromatic heterocycles. The topological polar surface area (TPSA) is 54.5 Å². The van der Waals surface area contributed by atoms with Gasteiger partial charge in [0, 0.05) is 29.7 Å². The Morgan fingerprint density at radius 1 is 1.35 bits per heavy atom. The van der Waals surface area contributed by atoms with E-state index >= 15 is 0 Å². The van der Waals surface area contributed by atoms with Crippen LogP contribution in [-0.4, -0.2) is 43.4 Å². The van der Waals surface area contributed by atoms with E-state index in [-0.39, 0.29) is 16.8 Å². The summed E-state index contributed by atoms with van der Waals surface area (Å²) in [5.41, 5.74) is 0.413. The minimum atomic E-state index is -3.30. The molecule has 0 bridgehead atoms. The van der Waals surface area contributed by atoms with E-state index in [1.165, 1.54) is 12.1 Å². The summed E-state index contributed by atoms with van der Waals surface area (Å²) in [4.78, 5) is 14.4. The van der Waals surface area contributed by atoms with Gasteiger partial charge in [0.2, 0.25) is 0 Å². The lowest BCUT2D eigenvalue weighted by Gasteiger charge is -2.26. The van der Waals surface area contributed by atoms with E-state index in [2.05, 4.69) is 15.9 Å². The van der Waals surface area contributed by atoms with Crippen molar-refractivity contribution in [3.05, 3.63) is 29.8 Å². The Morgan fingerprint density at radius 2 is 2.00 bits per heavy atom. The van der Waals surface area contributed by atoms with Gasteiger partial charge in [0.1, 0.15) is 0 Å². The van der Waals surface area contributed by atoms with Gasteiger partial charge in [-0.1, -0.05) is 22.0 Å². The molecular weight excluding hydrogens is 342 g/mol. The lowest BCUT2D eigenvalue weighted by molar-refractivity contribution is 0.0706. The molecule has 1 rings (SSSR count). The van der Waals surface area contributed by atoms with E-state index in [0.29, 0.717) is 12.1 Å². The molecule has 0 aliphatic carbocycles. The number of amides is 1. The number of nitrogens with zero attached hydrogens (tertiary/aromatic N) is 1. The third-order valence-electron chi connectivity index (χ3n) is 2.93. The average molecular weight is 362 g/mol. The van der Waals surface area contributed by atoms with Crippen LogP contribution in [0.25, 0.3) is 0 Å². The number of alkyl halides is 1. The number of rotatable bonds is 6. The second-order valence-corrected chi connectivity index (χ2v) is 7.74. The summed E-state index contributed by atoms with van der Waals surface area (Å²) < 4.78 is 23.1. The number of hydrogen-bond donors (Lipinski definition) is 0. The lowest BCUT2D eigenvalue weighted by Crippen LogP contribution is -2.37. The van der Waals surface area contributed by atoms with E-state index < -0.39 is 9.84 Å². The summed E-state index contributed by atoms with van der Waals surface area (Å²) in [5, 5.41) is 0.826. The highest BCUT2D eigenvalue weighted by Gasteiger charge is 2.19. The first-order chi connectivity index (χ1) is 9.27. The largest absolute Gasteiger partial charge is 0.336 e. The minimum absolute atomic E-state index is 0.0726. The van der Waals surface area contributed by atoms with Crippen LogP contribution in [0.1, 0.15) is 30.6 Å². The highest BCUT2D eigenvalue weighted by Crippen LogP contribution is 2.15. The second-order valence-electron chi connectivity index (χ2n) is 4.93. The van der Waals surface area contributed by atoms with Gasteiger partial charge in [-0.3, -0.25) is 4.79 Å². The highest BCUT2D eigenvalue weighted by atomic mass is 79.9. The average Bonchev–Trinajstić information content (AvgIpc) is 2.37. The van der Waals surface area contributed by atoms with Crippen LogP contribution in [0.3, 0.4) is 0 Å². The molecule has 4 nitrogen and oxygen atoms in total. The molecule has 6 heteroatoms. The first kappa shape index (κ1) is 17.2. The summed E-state index contributed by atoms with van der Waals surface area (Å²) in [6.07, 6.45) is 2.00. The number of hydrogen-bond acceptors (Lipinski definition) is 3. The second kappa shape index (κ2) is 7.22. The molecule has 1 aromatic carbocycles. The molecule has 112 valence electrons. The van der Waals surface area contributed by atoms with Gasteiger partial charge in [0.05, 0.1) is 4.90 Å². The first-order valence-corrected chi connectivity index (χ1v) is 9.45. The van der Waals surface area contributed by atoms with E-state index in [4.69, 9.17) is 0 Å². The Hall–Kier alpha value is -0.880. The Balaban J connectivity index is 3.06. The number of halogens is 1. The Bertz CT molecular complexity index is 570. The monoisotopic (exact) mass is 361 g/mol. The maximum absolute atomic E-state index is 12.5. The van der Waals surface area contributed by atoms with Crippen LogP contribution in [0.2, 0.25) is 0 Å². The molecule has 0 saturated heterocycles. The predicted octanol–water partition coefficient (Wildman–Crippen LogP) is 2.73. The van der Waals surface area contributed by atoms with E-state index in [0.717, 1.165) is 18.0 Å². The quantitative estimate of drug-likeness (QED) is 0.732. The summed E-state index contributed by atoms with van der Waals surface area (Å²) >= 11 is 3.35. The van der Waals surface area contributed by atoms with E-state index in [1.54, 1.807) is 17.0 Å². The molecule has 0 saturated carbocycles. The van der Waals surface area contributed by atoms with Gasteiger partial charge in [0.15, 0.2) is 9.84 Å². The first-order valence-electron chi connectivity index (χ1n) is 6.44. The molecule has 1 aromatic rings. The van der Waals surface area contributed by atoms with Crippen molar-refractivity contribution in [2.45, 2.75) is 31.2 Å². The molecule has 0 spiro atoms. The van der Waals surface area contributed by atoms with Crippen LogP contribution in [0, 0.1) is 0 Å². The summed E-state index contributed by atoms with van der Waals surface area (Å²) in [5.74, 6) is -0.133. The zero-order valence-corrected chi connectivity index (χ0v) is 14.4. The van der Waals surface area contributed by atoms with Gasteiger partial charge in [-0.2, -0.15) is 0 Å².